The second-order valence-electron chi connectivity index (χ2n) is 7.75. The van der Waals surface area contributed by atoms with Crippen LogP contribution in [0.5, 0.6) is 5.75 Å². The van der Waals surface area contributed by atoms with Crippen LogP contribution in [0, 0.1) is 6.92 Å². The molecule has 0 bridgehead atoms. The van der Waals surface area contributed by atoms with Crippen molar-refractivity contribution in [2.24, 2.45) is 0 Å². The highest BCUT2D eigenvalue weighted by molar-refractivity contribution is 6.06. The van der Waals surface area contributed by atoms with E-state index in [0.29, 0.717) is 41.0 Å². The molecule has 1 aliphatic rings. The van der Waals surface area contributed by atoms with E-state index in [4.69, 9.17) is 4.74 Å². The molecule has 2 aromatic carbocycles. The van der Waals surface area contributed by atoms with E-state index in [2.05, 4.69) is 5.32 Å². The Labute approximate surface area is 180 Å². The second kappa shape index (κ2) is 8.63. The van der Waals surface area contributed by atoms with Crippen LogP contribution in [-0.4, -0.2) is 41.5 Å². The van der Waals surface area contributed by atoms with Crippen molar-refractivity contribution < 1.29 is 14.3 Å². The molecule has 1 saturated heterocycles. The summed E-state index contributed by atoms with van der Waals surface area (Å²) in [6, 6.07) is 14.0. The summed E-state index contributed by atoms with van der Waals surface area (Å²) in [6.45, 7) is 3.16. The van der Waals surface area contributed by atoms with Gasteiger partial charge in [-0.1, -0.05) is 24.3 Å². The fraction of sp³-hybridized carbons (Fsp3) is 0.292. The minimum Gasteiger partial charge on any atom is -0.495 e. The van der Waals surface area contributed by atoms with Gasteiger partial charge in [-0.15, -0.1) is 0 Å². The number of ether oxygens (including phenoxy) is 1. The molecule has 3 aromatic rings. The molecule has 0 unspecified atom stereocenters. The van der Waals surface area contributed by atoms with Crippen molar-refractivity contribution in [1.29, 1.82) is 0 Å². The number of rotatable bonds is 5. The van der Waals surface area contributed by atoms with Crippen molar-refractivity contribution in [2.45, 2.75) is 26.3 Å². The number of carbonyl (C=O) groups excluding carboxylic acids is 2. The van der Waals surface area contributed by atoms with Crippen LogP contribution >= 0.6 is 0 Å². The number of likely N-dealkylation sites (tertiary alicyclic amines) is 1. The Hall–Kier alpha value is -3.61. The zero-order chi connectivity index (χ0) is 22.0. The lowest BCUT2D eigenvalue weighted by molar-refractivity contribution is -0.116. The minimum absolute atomic E-state index is 0.133. The van der Waals surface area contributed by atoms with Gasteiger partial charge >= 0.3 is 0 Å². The largest absolute Gasteiger partial charge is 0.495 e. The van der Waals surface area contributed by atoms with Gasteiger partial charge in [-0.05, 0) is 43.5 Å². The number of para-hydroxylation sites is 1. The van der Waals surface area contributed by atoms with Gasteiger partial charge in [0.2, 0.25) is 5.91 Å². The van der Waals surface area contributed by atoms with Gasteiger partial charge in [-0.2, -0.15) is 0 Å². The first-order chi connectivity index (χ1) is 15.0. The standard InChI is InChI=1S/C24H25N3O4/c1-16-9-10-21(31-2)19(13-16)25-22(28)15-27-20-8-4-3-7-17(20)18(14-23(27)29)24(30)26-11-5-6-12-26/h3-4,7-10,13-14H,5-6,11-12,15H2,1-2H3,(H,25,28). The molecule has 1 aromatic heterocycles. The summed E-state index contributed by atoms with van der Waals surface area (Å²) in [5, 5.41) is 3.49. The molecule has 1 aliphatic heterocycles. The van der Waals surface area contributed by atoms with Gasteiger partial charge in [0, 0.05) is 24.5 Å². The Morgan fingerprint density at radius 2 is 1.81 bits per heavy atom. The van der Waals surface area contributed by atoms with Crippen LogP contribution in [0.25, 0.3) is 10.9 Å². The number of nitrogens with zero attached hydrogens (tertiary/aromatic N) is 2. The number of amides is 2. The van der Waals surface area contributed by atoms with Crippen LogP contribution in [0.15, 0.2) is 53.3 Å². The average molecular weight is 419 g/mol. The summed E-state index contributed by atoms with van der Waals surface area (Å²) in [4.78, 5) is 40.5. The Morgan fingerprint density at radius 3 is 2.55 bits per heavy atom. The Balaban J connectivity index is 1.67. The predicted molar refractivity (Wildman–Crippen MR) is 120 cm³/mol. The highest BCUT2D eigenvalue weighted by atomic mass is 16.5. The van der Waals surface area contributed by atoms with Gasteiger partial charge in [-0.25, -0.2) is 0 Å². The Morgan fingerprint density at radius 1 is 1.06 bits per heavy atom. The number of hydrogen-bond acceptors (Lipinski definition) is 4. The molecule has 0 radical (unpaired) electrons. The van der Waals surface area contributed by atoms with Crippen molar-refractivity contribution in [3.05, 3.63) is 70.0 Å². The zero-order valence-corrected chi connectivity index (χ0v) is 17.7. The average Bonchev–Trinajstić information content (AvgIpc) is 3.30. The van der Waals surface area contributed by atoms with E-state index in [-0.39, 0.29) is 23.9 Å². The molecule has 31 heavy (non-hydrogen) atoms. The molecule has 160 valence electrons. The third-order valence-corrected chi connectivity index (χ3v) is 5.57. The number of anilines is 1. The van der Waals surface area contributed by atoms with E-state index in [9.17, 15) is 14.4 Å². The molecule has 2 heterocycles. The number of fused-ring (bicyclic) bond motifs is 1. The molecule has 0 aliphatic carbocycles. The summed E-state index contributed by atoms with van der Waals surface area (Å²) >= 11 is 0. The van der Waals surface area contributed by atoms with Gasteiger partial charge < -0.3 is 15.0 Å². The lowest BCUT2D eigenvalue weighted by Gasteiger charge is -2.18. The third-order valence-electron chi connectivity index (χ3n) is 5.57. The van der Waals surface area contributed by atoms with Crippen LogP contribution in [0.1, 0.15) is 28.8 Å². The first-order valence-electron chi connectivity index (χ1n) is 10.3. The third kappa shape index (κ3) is 4.17. The van der Waals surface area contributed by atoms with E-state index < -0.39 is 0 Å². The molecule has 1 N–H and O–H groups in total. The summed E-state index contributed by atoms with van der Waals surface area (Å²) in [7, 11) is 1.54. The van der Waals surface area contributed by atoms with Crippen LogP contribution in [0.4, 0.5) is 5.69 Å². The molecule has 0 saturated carbocycles. The van der Waals surface area contributed by atoms with Crippen molar-refractivity contribution in [3.63, 3.8) is 0 Å². The Kier molecular flexibility index (Phi) is 5.75. The number of aromatic nitrogens is 1. The molecule has 0 spiro atoms. The lowest BCUT2D eigenvalue weighted by Crippen LogP contribution is -2.32. The van der Waals surface area contributed by atoms with Crippen molar-refractivity contribution >= 4 is 28.4 Å². The zero-order valence-electron chi connectivity index (χ0n) is 17.7. The van der Waals surface area contributed by atoms with E-state index >= 15 is 0 Å². The molecular formula is C24H25N3O4. The SMILES string of the molecule is COc1ccc(C)cc1NC(=O)Cn1c(=O)cc(C(=O)N2CCCC2)c2ccccc21. The predicted octanol–water partition coefficient (Wildman–Crippen LogP) is 3.19. The van der Waals surface area contributed by atoms with Crippen molar-refractivity contribution in [3.8, 4) is 5.75 Å². The van der Waals surface area contributed by atoms with Gasteiger partial charge in [0.15, 0.2) is 0 Å². The minimum atomic E-state index is -0.382. The first kappa shape index (κ1) is 20.7. The quantitative estimate of drug-likeness (QED) is 0.689. The summed E-state index contributed by atoms with van der Waals surface area (Å²) < 4.78 is 6.71. The van der Waals surface area contributed by atoms with Crippen LogP contribution in [0.2, 0.25) is 0 Å². The normalized spacial score (nSPS) is 13.4. The number of methoxy groups -OCH3 is 1. The van der Waals surface area contributed by atoms with Crippen molar-refractivity contribution in [1.82, 2.24) is 9.47 Å². The number of carbonyl (C=O) groups is 2. The molecule has 7 heteroatoms. The monoisotopic (exact) mass is 419 g/mol. The number of aryl methyl sites for hydroxylation is 1. The highest BCUT2D eigenvalue weighted by Gasteiger charge is 2.23. The maximum absolute atomic E-state index is 13.0. The molecular weight excluding hydrogens is 394 g/mol. The van der Waals surface area contributed by atoms with Gasteiger partial charge in [0.1, 0.15) is 12.3 Å². The first-order valence-corrected chi connectivity index (χ1v) is 10.3. The van der Waals surface area contributed by atoms with Gasteiger partial charge in [0.05, 0.1) is 23.9 Å². The molecule has 4 rings (SSSR count). The second-order valence-corrected chi connectivity index (χ2v) is 7.75. The van der Waals surface area contributed by atoms with E-state index in [1.165, 1.54) is 17.7 Å². The number of nitrogens with one attached hydrogen (secondary N) is 1. The van der Waals surface area contributed by atoms with E-state index in [1.54, 1.807) is 23.1 Å². The smallest absolute Gasteiger partial charge is 0.254 e. The van der Waals surface area contributed by atoms with Crippen LogP contribution in [-0.2, 0) is 11.3 Å². The highest BCUT2D eigenvalue weighted by Crippen LogP contribution is 2.25. The van der Waals surface area contributed by atoms with Gasteiger partial charge in [0.25, 0.3) is 11.5 Å². The summed E-state index contributed by atoms with van der Waals surface area (Å²) in [5.41, 5.74) is 2.09. The number of pyridine rings is 1. The summed E-state index contributed by atoms with van der Waals surface area (Å²) in [6.07, 6.45) is 1.95. The number of hydrogen-bond donors (Lipinski definition) is 1. The van der Waals surface area contributed by atoms with Gasteiger partial charge in [-0.3, -0.25) is 19.0 Å². The maximum Gasteiger partial charge on any atom is 0.254 e. The molecule has 7 nitrogen and oxygen atoms in total. The van der Waals surface area contributed by atoms with E-state index in [0.717, 1.165) is 18.4 Å². The lowest BCUT2D eigenvalue weighted by atomic mass is 10.1. The van der Waals surface area contributed by atoms with Crippen LogP contribution in [0.3, 0.4) is 0 Å². The molecule has 1 fully saturated rings. The molecule has 0 atom stereocenters. The summed E-state index contributed by atoms with van der Waals surface area (Å²) in [5.74, 6) is 0.0596. The van der Waals surface area contributed by atoms with E-state index in [1.807, 2.05) is 31.2 Å². The Bertz CT molecular complexity index is 1210. The fourth-order valence-corrected chi connectivity index (χ4v) is 4.02. The number of benzene rings is 2. The maximum atomic E-state index is 13.0. The van der Waals surface area contributed by atoms with Crippen molar-refractivity contribution in [2.75, 3.05) is 25.5 Å². The topological polar surface area (TPSA) is 80.6 Å². The van der Waals surface area contributed by atoms with Crippen LogP contribution < -0.4 is 15.6 Å². The fourth-order valence-electron chi connectivity index (χ4n) is 4.02. The molecule has 2 amide bonds.